The number of carbonyl (C=O) groups is 3. The van der Waals surface area contributed by atoms with Crippen LogP contribution in [0.5, 0.6) is 0 Å². The lowest BCUT2D eigenvalue weighted by Crippen LogP contribution is -2.44. The normalized spacial score (nSPS) is 20.0. The number of fused-ring (bicyclic) bond motifs is 1. The number of cyclic esters (lactones) is 1. The highest BCUT2D eigenvalue weighted by Crippen LogP contribution is 2.38. The molecule has 31 heavy (non-hydrogen) atoms. The number of benzene rings is 1. The van der Waals surface area contributed by atoms with Gasteiger partial charge in [-0.3, -0.25) is 14.5 Å². The minimum Gasteiger partial charge on any atom is -0.433 e. The van der Waals surface area contributed by atoms with Crippen LogP contribution in [-0.2, 0) is 14.3 Å². The average molecular weight is 417 g/mol. The van der Waals surface area contributed by atoms with Crippen LogP contribution in [0.15, 0.2) is 54.7 Å². The first kappa shape index (κ1) is 19.0. The molecule has 2 aromatic heterocycles. The molecular weight excluding hydrogens is 398 g/mol. The summed E-state index contributed by atoms with van der Waals surface area (Å²) in [5.74, 6) is -0.0936. The van der Waals surface area contributed by atoms with Gasteiger partial charge in [-0.25, -0.2) is 9.78 Å². The first-order valence-corrected chi connectivity index (χ1v) is 9.93. The van der Waals surface area contributed by atoms with E-state index in [1.807, 2.05) is 13.0 Å². The predicted octanol–water partition coefficient (Wildman–Crippen LogP) is 2.37. The number of hydrogen-bond acceptors (Lipinski definition) is 6. The lowest BCUT2D eigenvalue weighted by Gasteiger charge is -2.29. The lowest BCUT2D eigenvalue weighted by molar-refractivity contribution is -0.144. The minimum atomic E-state index is -0.906. The number of rotatable bonds is 4. The Morgan fingerprint density at radius 1 is 1.16 bits per heavy atom. The Bertz CT molecular complexity index is 1190. The number of ether oxygens (including phenoxy) is 1. The summed E-state index contributed by atoms with van der Waals surface area (Å²) >= 11 is 0. The number of nitrogens with zero attached hydrogens (tertiary/aromatic N) is 4. The minimum absolute atomic E-state index is 0.201. The summed E-state index contributed by atoms with van der Waals surface area (Å²) in [4.78, 5) is 43.8. The van der Waals surface area contributed by atoms with Gasteiger partial charge >= 0.3 is 5.97 Å². The molecule has 3 aromatic rings. The van der Waals surface area contributed by atoms with Gasteiger partial charge in [-0.2, -0.15) is 9.78 Å². The van der Waals surface area contributed by atoms with E-state index in [1.54, 1.807) is 53.3 Å². The molecule has 0 radical (unpaired) electrons. The number of nitrogens with one attached hydrogen (secondary N) is 1. The molecule has 1 unspecified atom stereocenters. The zero-order valence-electron chi connectivity index (χ0n) is 16.7. The van der Waals surface area contributed by atoms with E-state index in [1.165, 1.54) is 4.90 Å². The van der Waals surface area contributed by atoms with Gasteiger partial charge in [-0.1, -0.05) is 24.3 Å². The van der Waals surface area contributed by atoms with Crippen molar-refractivity contribution in [2.45, 2.75) is 32.0 Å². The van der Waals surface area contributed by atoms with Crippen LogP contribution in [-0.4, -0.2) is 43.5 Å². The van der Waals surface area contributed by atoms with Gasteiger partial charge in [-0.05, 0) is 31.5 Å². The Balaban J connectivity index is 1.43. The third kappa shape index (κ3) is 3.24. The van der Waals surface area contributed by atoms with Crippen LogP contribution in [0, 0.1) is 6.92 Å². The van der Waals surface area contributed by atoms with Crippen molar-refractivity contribution in [2.24, 2.45) is 0 Å². The van der Waals surface area contributed by atoms with Crippen molar-refractivity contribution in [3.63, 3.8) is 0 Å². The maximum absolute atomic E-state index is 13.2. The molecule has 0 saturated carbocycles. The van der Waals surface area contributed by atoms with Crippen molar-refractivity contribution in [3.05, 3.63) is 71.5 Å². The number of anilines is 1. The highest BCUT2D eigenvalue weighted by atomic mass is 16.6. The molecule has 5 rings (SSSR count). The molecule has 1 fully saturated rings. The van der Waals surface area contributed by atoms with Gasteiger partial charge < -0.3 is 10.1 Å². The summed E-state index contributed by atoms with van der Waals surface area (Å²) in [5, 5.41) is 7.27. The van der Waals surface area contributed by atoms with Crippen molar-refractivity contribution in [1.82, 2.24) is 19.7 Å². The quantitative estimate of drug-likeness (QED) is 0.654. The van der Waals surface area contributed by atoms with E-state index in [-0.39, 0.29) is 18.2 Å². The zero-order valence-corrected chi connectivity index (χ0v) is 16.7. The third-order valence-corrected chi connectivity index (χ3v) is 5.43. The van der Waals surface area contributed by atoms with Crippen molar-refractivity contribution in [1.29, 1.82) is 0 Å². The highest BCUT2D eigenvalue weighted by molar-refractivity contribution is 6.00. The van der Waals surface area contributed by atoms with Crippen LogP contribution in [0.2, 0.25) is 0 Å². The Morgan fingerprint density at radius 2 is 1.97 bits per heavy atom. The van der Waals surface area contributed by atoms with Crippen LogP contribution >= 0.6 is 0 Å². The largest absolute Gasteiger partial charge is 0.433 e. The number of esters is 1. The summed E-state index contributed by atoms with van der Waals surface area (Å²) < 4.78 is 7.01. The van der Waals surface area contributed by atoms with Gasteiger partial charge in [0.05, 0.1) is 11.3 Å². The van der Waals surface area contributed by atoms with Gasteiger partial charge in [0.1, 0.15) is 11.9 Å². The van der Waals surface area contributed by atoms with Crippen LogP contribution in [0.4, 0.5) is 5.82 Å². The van der Waals surface area contributed by atoms with Crippen molar-refractivity contribution >= 4 is 23.6 Å². The Morgan fingerprint density at radius 3 is 2.77 bits per heavy atom. The maximum atomic E-state index is 13.2. The molecule has 156 valence electrons. The van der Waals surface area contributed by atoms with Crippen LogP contribution < -0.4 is 5.32 Å². The highest BCUT2D eigenvalue weighted by Gasteiger charge is 2.46. The van der Waals surface area contributed by atoms with Gasteiger partial charge in [0.15, 0.2) is 5.82 Å². The van der Waals surface area contributed by atoms with E-state index in [4.69, 9.17) is 4.74 Å². The summed E-state index contributed by atoms with van der Waals surface area (Å²) in [5.41, 5.74) is 1.71. The molecule has 9 heteroatoms. The van der Waals surface area contributed by atoms with Crippen molar-refractivity contribution < 1.29 is 19.1 Å². The van der Waals surface area contributed by atoms with Gasteiger partial charge in [-0.15, -0.1) is 0 Å². The third-order valence-electron chi connectivity index (χ3n) is 5.43. The first-order chi connectivity index (χ1) is 15.0. The number of aryl methyl sites for hydroxylation is 1. The van der Waals surface area contributed by atoms with E-state index in [9.17, 15) is 14.4 Å². The number of amides is 2. The van der Waals surface area contributed by atoms with E-state index >= 15 is 0 Å². The summed E-state index contributed by atoms with van der Waals surface area (Å²) in [7, 11) is 0. The Labute approximate surface area is 177 Å². The SMILES string of the molecule is Cc1cc(NC(=O)[C@@H]2CCC(=O)N2C2OC(=O)c3ccccc32)n(-c2ccccn2)n1. The second-order valence-corrected chi connectivity index (χ2v) is 7.46. The van der Waals surface area contributed by atoms with E-state index < -0.39 is 18.2 Å². The zero-order chi connectivity index (χ0) is 21.5. The Kier molecular flexibility index (Phi) is 4.50. The number of likely N-dealkylation sites (tertiary alicyclic amines) is 1. The summed E-state index contributed by atoms with van der Waals surface area (Å²) in [6, 6.07) is 13.3. The van der Waals surface area contributed by atoms with Crippen molar-refractivity contribution in [3.8, 4) is 5.82 Å². The summed E-state index contributed by atoms with van der Waals surface area (Å²) in [6.07, 6.45) is 1.27. The van der Waals surface area contributed by atoms with Gasteiger partial charge in [0, 0.05) is 24.2 Å². The molecule has 2 amide bonds. The maximum Gasteiger partial charge on any atom is 0.340 e. The number of hydrogen-bond donors (Lipinski definition) is 1. The molecule has 0 bridgehead atoms. The fourth-order valence-corrected chi connectivity index (χ4v) is 4.04. The Hall–Kier alpha value is -4.01. The molecule has 2 atom stereocenters. The number of aromatic nitrogens is 3. The standard InChI is InChI=1S/C22H19N5O4/c1-13-12-18(27(25-13)17-8-4-5-11-23-17)24-20(29)16-9-10-19(28)26(16)21-14-6-2-3-7-15(14)22(30)31-21/h2-8,11-12,16,21H,9-10H2,1H3,(H,24,29)/t16-,21?/m0/s1. The molecule has 4 heterocycles. The molecule has 0 spiro atoms. The van der Waals surface area contributed by atoms with E-state index in [0.717, 1.165) is 0 Å². The predicted molar refractivity (Wildman–Crippen MR) is 109 cm³/mol. The first-order valence-electron chi connectivity index (χ1n) is 9.93. The molecule has 0 aliphatic carbocycles. The van der Waals surface area contributed by atoms with E-state index in [0.29, 0.717) is 34.9 Å². The van der Waals surface area contributed by atoms with Crippen LogP contribution in [0.3, 0.4) is 0 Å². The molecular formula is C22H19N5O4. The van der Waals surface area contributed by atoms with Gasteiger partial charge in [0.25, 0.3) is 0 Å². The van der Waals surface area contributed by atoms with Gasteiger partial charge in [0.2, 0.25) is 18.0 Å². The molecule has 2 aliphatic rings. The topological polar surface area (TPSA) is 106 Å². The molecule has 1 saturated heterocycles. The molecule has 1 aromatic carbocycles. The molecule has 2 aliphatic heterocycles. The van der Waals surface area contributed by atoms with Crippen LogP contribution in [0.1, 0.15) is 40.7 Å². The fourth-order valence-electron chi connectivity index (χ4n) is 4.04. The summed E-state index contributed by atoms with van der Waals surface area (Å²) in [6.45, 7) is 1.81. The monoisotopic (exact) mass is 417 g/mol. The fraction of sp³-hybridized carbons (Fsp3) is 0.227. The van der Waals surface area contributed by atoms with E-state index in [2.05, 4.69) is 15.4 Å². The number of carbonyl (C=O) groups excluding carboxylic acids is 3. The molecule has 1 N–H and O–H groups in total. The molecule has 9 nitrogen and oxygen atoms in total. The average Bonchev–Trinajstić information content (AvgIpc) is 3.44. The lowest BCUT2D eigenvalue weighted by atomic mass is 10.1. The second kappa shape index (κ2) is 7.35. The number of pyridine rings is 1. The second-order valence-electron chi connectivity index (χ2n) is 7.46. The smallest absolute Gasteiger partial charge is 0.340 e. The van der Waals surface area contributed by atoms with Crippen molar-refractivity contribution in [2.75, 3.05) is 5.32 Å². The van der Waals surface area contributed by atoms with Crippen LogP contribution in [0.25, 0.3) is 5.82 Å².